The van der Waals surface area contributed by atoms with Gasteiger partial charge in [0.15, 0.2) is 0 Å². The summed E-state index contributed by atoms with van der Waals surface area (Å²) in [6, 6.07) is 14.2. The van der Waals surface area contributed by atoms with Gasteiger partial charge in [0.05, 0.1) is 6.42 Å². The molecule has 3 aromatic rings. The third-order valence-corrected chi connectivity index (χ3v) is 4.18. The van der Waals surface area contributed by atoms with Crippen molar-refractivity contribution in [1.29, 1.82) is 0 Å². The number of carbonyl (C=O) groups is 1. The van der Waals surface area contributed by atoms with Crippen molar-refractivity contribution >= 4 is 16.9 Å². The van der Waals surface area contributed by atoms with E-state index >= 15 is 0 Å². The number of carboxylic acid groups (broad SMARTS) is 1. The first kappa shape index (κ1) is 14.4. The van der Waals surface area contributed by atoms with Gasteiger partial charge in [0.1, 0.15) is 0 Å². The van der Waals surface area contributed by atoms with Crippen LogP contribution >= 0.6 is 0 Å². The largest absolute Gasteiger partial charge is 0.481 e. The van der Waals surface area contributed by atoms with Gasteiger partial charge in [-0.25, -0.2) is 0 Å². The zero-order chi connectivity index (χ0) is 15.7. The Morgan fingerprint density at radius 3 is 2.64 bits per heavy atom. The van der Waals surface area contributed by atoms with E-state index in [-0.39, 0.29) is 12.3 Å². The van der Waals surface area contributed by atoms with Gasteiger partial charge < -0.3 is 10.1 Å². The number of aryl methyl sites for hydroxylation is 2. The molecule has 0 aliphatic heterocycles. The van der Waals surface area contributed by atoms with Crippen LogP contribution in [0, 0.1) is 13.8 Å². The smallest absolute Gasteiger partial charge is 0.304 e. The lowest BCUT2D eigenvalue weighted by Crippen LogP contribution is -2.09. The molecule has 0 spiro atoms. The van der Waals surface area contributed by atoms with Crippen LogP contribution in [0.25, 0.3) is 10.9 Å². The first-order chi connectivity index (χ1) is 10.6. The molecule has 22 heavy (non-hydrogen) atoms. The molecule has 0 unspecified atom stereocenters. The summed E-state index contributed by atoms with van der Waals surface area (Å²) in [4.78, 5) is 14.6. The zero-order valence-corrected chi connectivity index (χ0v) is 12.8. The van der Waals surface area contributed by atoms with Gasteiger partial charge in [0, 0.05) is 23.0 Å². The highest BCUT2D eigenvalue weighted by Crippen LogP contribution is 2.35. The maximum Gasteiger partial charge on any atom is 0.304 e. The molecule has 112 valence electrons. The van der Waals surface area contributed by atoms with E-state index in [1.165, 1.54) is 5.56 Å². The lowest BCUT2D eigenvalue weighted by molar-refractivity contribution is -0.137. The fraction of sp³-hybridized carbons (Fsp3) is 0.211. The number of nitrogens with one attached hydrogen (secondary N) is 1. The Bertz CT molecular complexity index is 832. The molecule has 3 nitrogen and oxygen atoms in total. The van der Waals surface area contributed by atoms with E-state index in [1.54, 1.807) is 0 Å². The molecule has 2 aromatic carbocycles. The molecule has 0 bridgehead atoms. The van der Waals surface area contributed by atoms with Crippen molar-refractivity contribution in [2.45, 2.75) is 26.2 Å². The van der Waals surface area contributed by atoms with Gasteiger partial charge in [0.2, 0.25) is 0 Å². The number of fused-ring (bicyclic) bond motifs is 1. The number of aromatic nitrogens is 1. The minimum Gasteiger partial charge on any atom is -0.481 e. The third kappa shape index (κ3) is 2.62. The van der Waals surface area contributed by atoms with Gasteiger partial charge in [-0.2, -0.15) is 0 Å². The van der Waals surface area contributed by atoms with E-state index < -0.39 is 5.97 Å². The highest BCUT2D eigenvalue weighted by atomic mass is 16.4. The maximum atomic E-state index is 11.4. The minimum absolute atomic E-state index is 0.0890. The minimum atomic E-state index is -0.782. The highest BCUT2D eigenvalue weighted by Gasteiger charge is 2.22. The summed E-state index contributed by atoms with van der Waals surface area (Å²) in [5.41, 5.74) is 5.49. The average molecular weight is 293 g/mol. The zero-order valence-electron chi connectivity index (χ0n) is 12.8. The molecule has 0 saturated heterocycles. The van der Waals surface area contributed by atoms with E-state index in [9.17, 15) is 9.90 Å². The highest BCUT2D eigenvalue weighted by molar-refractivity contribution is 5.85. The second-order valence-electron chi connectivity index (χ2n) is 5.80. The van der Waals surface area contributed by atoms with Crippen molar-refractivity contribution in [3.05, 3.63) is 70.9 Å². The maximum absolute atomic E-state index is 11.4. The number of H-pyrrole nitrogens is 1. The molecule has 0 aliphatic rings. The van der Waals surface area contributed by atoms with Crippen molar-refractivity contribution in [2.24, 2.45) is 0 Å². The van der Waals surface area contributed by atoms with Gasteiger partial charge in [-0.3, -0.25) is 4.79 Å². The summed E-state index contributed by atoms with van der Waals surface area (Å²) in [5, 5.41) is 10.4. The van der Waals surface area contributed by atoms with Crippen LogP contribution in [0.3, 0.4) is 0 Å². The molecule has 2 N–H and O–H groups in total. The summed E-state index contributed by atoms with van der Waals surface area (Å²) >= 11 is 0. The van der Waals surface area contributed by atoms with E-state index in [0.717, 1.165) is 27.6 Å². The summed E-state index contributed by atoms with van der Waals surface area (Å²) in [6.07, 6.45) is 2.03. The topological polar surface area (TPSA) is 53.1 Å². The molecule has 0 amide bonds. The van der Waals surface area contributed by atoms with Crippen LogP contribution in [0.5, 0.6) is 0 Å². The van der Waals surface area contributed by atoms with Crippen LogP contribution in [0.15, 0.2) is 48.7 Å². The fourth-order valence-electron chi connectivity index (χ4n) is 3.16. The standard InChI is InChI=1S/C19H19NO2/c1-12-7-8-14(13(2)9-12)16(10-19(21)22)17-11-20-18-6-4-3-5-15(17)18/h3-9,11,16,20H,10H2,1-2H3,(H,21,22)/t16-/m0/s1. The SMILES string of the molecule is Cc1ccc([C@H](CC(=O)O)c2c[nH]c3ccccc23)c(C)c1. The summed E-state index contributed by atoms with van der Waals surface area (Å²) in [7, 11) is 0. The molecular weight excluding hydrogens is 274 g/mol. The Balaban J connectivity index is 2.16. The Hall–Kier alpha value is -2.55. The lowest BCUT2D eigenvalue weighted by atomic mass is 9.85. The van der Waals surface area contributed by atoms with E-state index in [1.807, 2.05) is 43.5 Å². The van der Waals surface area contributed by atoms with E-state index in [4.69, 9.17) is 0 Å². The molecule has 0 radical (unpaired) electrons. The number of rotatable bonds is 4. The number of para-hydroxylation sites is 1. The van der Waals surface area contributed by atoms with Crippen molar-refractivity contribution in [3.8, 4) is 0 Å². The van der Waals surface area contributed by atoms with Crippen LogP contribution in [-0.4, -0.2) is 16.1 Å². The predicted molar refractivity (Wildman–Crippen MR) is 88.3 cm³/mol. The summed E-state index contributed by atoms with van der Waals surface area (Å²) in [5.74, 6) is -0.926. The Labute approximate surface area is 129 Å². The Morgan fingerprint density at radius 2 is 1.91 bits per heavy atom. The molecule has 3 heteroatoms. The molecule has 0 saturated carbocycles. The average Bonchev–Trinajstić information content (AvgIpc) is 2.89. The molecule has 1 aromatic heterocycles. The van der Waals surface area contributed by atoms with Crippen molar-refractivity contribution in [2.75, 3.05) is 0 Å². The fourth-order valence-corrected chi connectivity index (χ4v) is 3.16. The number of carboxylic acids is 1. The Kier molecular flexibility index (Phi) is 3.72. The summed E-state index contributed by atoms with van der Waals surface area (Å²) < 4.78 is 0. The van der Waals surface area contributed by atoms with Gasteiger partial charge in [-0.1, -0.05) is 42.0 Å². The van der Waals surface area contributed by atoms with Gasteiger partial charge in [-0.15, -0.1) is 0 Å². The number of hydrogen-bond acceptors (Lipinski definition) is 1. The summed E-state index contributed by atoms with van der Waals surface area (Å²) in [6.45, 7) is 4.10. The van der Waals surface area contributed by atoms with Crippen LogP contribution in [0.2, 0.25) is 0 Å². The second-order valence-corrected chi connectivity index (χ2v) is 5.80. The monoisotopic (exact) mass is 293 g/mol. The first-order valence-corrected chi connectivity index (χ1v) is 7.41. The third-order valence-electron chi connectivity index (χ3n) is 4.18. The van der Waals surface area contributed by atoms with Gasteiger partial charge in [0.25, 0.3) is 0 Å². The van der Waals surface area contributed by atoms with Crippen molar-refractivity contribution in [1.82, 2.24) is 4.98 Å². The lowest BCUT2D eigenvalue weighted by Gasteiger charge is -2.18. The number of aliphatic carboxylic acids is 1. The second kappa shape index (κ2) is 5.68. The molecule has 0 aliphatic carbocycles. The molecule has 0 fully saturated rings. The van der Waals surface area contributed by atoms with E-state index in [2.05, 4.69) is 24.0 Å². The number of hydrogen-bond donors (Lipinski definition) is 2. The Morgan fingerprint density at radius 1 is 1.14 bits per heavy atom. The van der Waals surface area contributed by atoms with E-state index in [0.29, 0.717) is 0 Å². The van der Waals surface area contributed by atoms with Gasteiger partial charge >= 0.3 is 5.97 Å². The molecule has 1 atom stereocenters. The van der Waals surface area contributed by atoms with Crippen LogP contribution in [0.1, 0.15) is 34.6 Å². The predicted octanol–water partition coefficient (Wildman–Crippen LogP) is 4.39. The van der Waals surface area contributed by atoms with Gasteiger partial charge in [-0.05, 0) is 36.6 Å². The van der Waals surface area contributed by atoms with Crippen molar-refractivity contribution < 1.29 is 9.90 Å². The van der Waals surface area contributed by atoms with Crippen molar-refractivity contribution in [3.63, 3.8) is 0 Å². The molecular formula is C19H19NO2. The number of benzene rings is 2. The quantitative estimate of drug-likeness (QED) is 0.749. The number of aromatic amines is 1. The molecule has 3 rings (SSSR count). The van der Waals surface area contributed by atoms with Crippen LogP contribution in [0.4, 0.5) is 0 Å². The molecule has 1 heterocycles. The normalized spacial score (nSPS) is 12.5. The first-order valence-electron chi connectivity index (χ1n) is 7.41. The van der Waals surface area contributed by atoms with Crippen LogP contribution in [-0.2, 0) is 4.79 Å². The van der Waals surface area contributed by atoms with Crippen LogP contribution < -0.4 is 0 Å².